The Morgan fingerprint density at radius 2 is 2.04 bits per heavy atom. The maximum atomic E-state index is 12.9. The first kappa shape index (κ1) is 15.8. The summed E-state index contributed by atoms with van der Waals surface area (Å²) in [5.74, 6) is 1.76. The van der Waals surface area contributed by atoms with Crippen LogP contribution in [0.25, 0.3) is 0 Å². The van der Waals surface area contributed by atoms with Crippen LogP contribution < -0.4 is 9.47 Å². The number of carbonyl (C=O) groups excluding carboxylic acids is 1. The summed E-state index contributed by atoms with van der Waals surface area (Å²) < 4.78 is 11.0. The van der Waals surface area contributed by atoms with Crippen LogP contribution in [0.15, 0.2) is 36.4 Å². The van der Waals surface area contributed by atoms with E-state index in [4.69, 9.17) is 9.47 Å². The Bertz CT molecular complexity index is 817. The quantitative estimate of drug-likeness (QED) is 0.913. The van der Waals surface area contributed by atoms with Crippen LogP contribution in [0.2, 0.25) is 0 Å². The Hall–Kier alpha value is -2.69. The Morgan fingerprint density at radius 3 is 2.88 bits per heavy atom. The number of phenols is 1. The van der Waals surface area contributed by atoms with E-state index < -0.39 is 0 Å². The Morgan fingerprint density at radius 1 is 1.20 bits per heavy atom. The number of phenolic OH excluding ortho intramolecular Hbond substituents is 1. The molecule has 0 unspecified atom stereocenters. The van der Waals surface area contributed by atoms with Crippen molar-refractivity contribution in [3.63, 3.8) is 0 Å². The van der Waals surface area contributed by atoms with Gasteiger partial charge in [0.1, 0.15) is 23.9 Å². The number of hydrogen-bond acceptors (Lipinski definition) is 4. The summed E-state index contributed by atoms with van der Waals surface area (Å²) in [4.78, 5) is 14.8. The monoisotopic (exact) mass is 339 g/mol. The number of amides is 1. The van der Waals surface area contributed by atoms with E-state index in [1.165, 1.54) is 5.56 Å². The molecule has 2 heterocycles. The molecule has 2 aromatic carbocycles. The highest BCUT2D eigenvalue weighted by molar-refractivity contribution is 5.80. The molecule has 5 nitrogen and oxygen atoms in total. The maximum Gasteiger partial charge on any atom is 0.229 e. The van der Waals surface area contributed by atoms with Crippen molar-refractivity contribution in [3.8, 4) is 17.2 Å². The van der Waals surface area contributed by atoms with Gasteiger partial charge in [0.05, 0.1) is 13.0 Å². The van der Waals surface area contributed by atoms with Crippen LogP contribution >= 0.6 is 0 Å². The first-order valence-electron chi connectivity index (χ1n) is 8.53. The van der Waals surface area contributed by atoms with Crippen molar-refractivity contribution in [2.45, 2.75) is 19.4 Å². The predicted octanol–water partition coefficient (Wildman–Crippen LogP) is 2.54. The van der Waals surface area contributed by atoms with Gasteiger partial charge in [0.2, 0.25) is 5.91 Å². The fourth-order valence-corrected chi connectivity index (χ4v) is 3.63. The van der Waals surface area contributed by atoms with Gasteiger partial charge in [0.15, 0.2) is 0 Å². The summed E-state index contributed by atoms with van der Waals surface area (Å²) in [5.41, 5.74) is 3.28. The molecule has 0 bridgehead atoms. The lowest BCUT2D eigenvalue weighted by Crippen LogP contribution is -2.43. The maximum absolute atomic E-state index is 12.9. The van der Waals surface area contributed by atoms with Crippen molar-refractivity contribution in [2.75, 3.05) is 20.3 Å². The standard InChI is InChI=1S/C20H21NO4/c1-24-18-5-3-14-8-16(12-25-19(14)10-18)20(23)21-7-6-13-2-4-17(22)9-15(13)11-21/h2-5,9-10,16,22H,6-8,11-12H2,1H3/t16-/m0/s1. The smallest absolute Gasteiger partial charge is 0.229 e. The average Bonchev–Trinajstić information content (AvgIpc) is 2.65. The van der Waals surface area contributed by atoms with Gasteiger partial charge in [0, 0.05) is 19.2 Å². The number of carbonyl (C=O) groups is 1. The molecule has 0 aliphatic carbocycles. The van der Waals surface area contributed by atoms with E-state index >= 15 is 0 Å². The van der Waals surface area contributed by atoms with Crippen molar-refractivity contribution in [2.24, 2.45) is 5.92 Å². The minimum Gasteiger partial charge on any atom is -0.508 e. The Balaban J connectivity index is 1.48. The summed E-state index contributed by atoms with van der Waals surface area (Å²) in [7, 11) is 1.63. The molecular weight excluding hydrogens is 318 g/mol. The number of fused-ring (bicyclic) bond motifs is 2. The van der Waals surface area contributed by atoms with Crippen molar-refractivity contribution >= 4 is 5.91 Å². The minimum absolute atomic E-state index is 0.121. The first-order valence-corrected chi connectivity index (χ1v) is 8.53. The van der Waals surface area contributed by atoms with Crippen LogP contribution in [0, 0.1) is 5.92 Å². The zero-order chi connectivity index (χ0) is 17.4. The first-order chi connectivity index (χ1) is 12.1. The largest absolute Gasteiger partial charge is 0.508 e. The SMILES string of the molecule is COc1ccc2c(c1)OC[C@@H](C(=O)N1CCc3ccc(O)cc3C1)C2. The minimum atomic E-state index is -0.167. The van der Waals surface area contributed by atoms with E-state index in [-0.39, 0.29) is 17.6 Å². The normalized spacial score (nSPS) is 18.8. The van der Waals surface area contributed by atoms with Gasteiger partial charge in [-0.15, -0.1) is 0 Å². The highest BCUT2D eigenvalue weighted by Crippen LogP contribution is 2.32. The molecule has 25 heavy (non-hydrogen) atoms. The summed E-state index contributed by atoms with van der Waals surface area (Å²) >= 11 is 0. The van der Waals surface area contributed by atoms with E-state index in [2.05, 4.69) is 0 Å². The molecule has 2 aromatic rings. The van der Waals surface area contributed by atoms with Gasteiger partial charge in [-0.1, -0.05) is 12.1 Å². The number of benzene rings is 2. The number of rotatable bonds is 2. The summed E-state index contributed by atoms with van der Waals surface area (Å²) in [6, 6.07) is 11.1. The Labute approximate surface area is 146 Å². The topological polar surface area (TPSA) is 59.0 Å². The average molecular weight is 339 g/mol. The number of aromatic hydroxyl groups is 1. The van der Waals surface area contributed by atoms with Crippen LogP contribution in [0.5, 0.6) is 17.2 Å². The lowest BCUT2D eigenvalue weighted by Gasteiger charge is -2.33. The molecule has 1 amide bonds. The van der Waals surface area contributed by atoms with Gasteiger partial charge in [0.25, 0.3) is 0 Å². The van der Waals surface area contributed by atoms with E-state index in [0.29, 0.717) is 26.1 Å². The molecule has 1 atom stereocenters. The van der Waals surface area contributed by atoms with E-state index in [0.717, 1.165) is 29.0 Å². The van der Waals surface area contributed by atoms with Crippen molar-refractivity contribution in [3.05, 3.63) is 53.1 Å². The van der Waals surface area contributed by atoms with Crippen molar-refractivity contribution in [1.82, 2.24) is 4.90 Å². The highest BCUT2D eigenvalue weighted by atomic mass is 16.5. The van der Waals surface area contributed by atoms with Gasteiger partial charge in [-0.3, -0.25) is 4.79 Å². The molecule has 0 fully saturated rings. The fourth-order valence-electron chi connectivity index (χ4n) is 3.63. The lowest BCUT2D eigenvalue weighted by molar-refractivity contribution is -0.137. The molecule has 4 rings (SSSR count). The molecular formula is C20H21NO4. The van der Waals surface area contributed by atoms with Gasteiger partial charge < -0.3 is 19.5 Å². The number of hydrogen-bond donors (Lipinski definition) is 1. The number of ether oxygens (including phenoxy) is 2. The predicted molar refractivity (Wildman–Crippen MR) is 92.9 cm³/mol. The zero-order valence-electron chi connectivity index (χ0n) is 14.2. The van der Waals surface area contributed by atoms with Gasteiger partial charge in [-0.05, 0) is 47.7 Å². The van der Waals surface area contributed by atoms with Crippen LogP contribution in [0.1, 0.15) is 16.7 Å². The van der Waals surface area contributed by atoms with E-state index in [9.17, 15) is 9.90 Å². The molecule has 0 saturated heterocycles. The van der Waals surface area contributed by atoms with Crippen LogP contribution in [0.3, 0.4) is 0 Å². The van der Waals surface area contributed by atoms with Crippen LogP contribution in [0.4, 0.5) is 0 Å². The molecule has 0 radical (unpaired) electrons. The second-order valence-electron chi connectivity index (χ2n) is 6.65. The van der Waals surface area contributed by atoms with Crippen molar-refractivity contribution in [1.29, 1.82) is 0 Å². The molecule has 0 aromatic heterocycles. The van der Waals surface area contributed by atoms with E-state index in [1.54, 1.807) is 19.2 Å². The second kappa shape index (κ2) is 6.31. The molecule has 0 spiro atoms. The third kappa shape index (κ3) is 3.02. The summed E-state index contributed by atoms with van der Waals surface area (Å²) in [6.45, 7) is 1.65. The Kier molecular flexibility index (Phi) is 3.99. The summed E-state index contributed by atoms with van der Waals surface area (Å²) in [6.07, 6.45) is 1.50. The van der Waals surface area contributed by atoms with Crippen LogP contribution in [-0.4, -0.2) is 36.2 Å². The molecule has 130 valence electrons. The second-order valence-corrected chi connectivity index (χ2v) is 6.65. The number of methoxy groups -OCH3 is 1. The number of nitrogens with zero attached hydrogens (tertiary/aromatic N) is 1. The molecule has 5 heteroatoms. The van der Waals surface area contributed by atoms with Gasteiger partial charge in [-0.25, -0.2) is 0 Å². The molecule has 1 N–H and O–H groups in total. The molecule has 2 aliphatic rings. The summed E-state index contributed by atoms with van der Waals surface area (Å²) in [5, 5.41) is 9.68. The van der Waals surface area contributed by atoms with Crippen LogP contribution in [-0.2, 0) is 24.2 Å². The van der Waals surface area contributed by atoms with Gasteiger partial charge in [-0.2, -0.15) is 0 Å². The third-order valence-electron chi connectivity index (χ3n) is 5.04. The highest BCUT2D eigenvalue weighted by Gasteiger charge is 2.31. The van der Waals surface area contributed by atoms with E-state index in [1.807, 2.05) is 29.2 Å². The third-order valence-corrected chi connectivity index (χ3v) is 5.04. The lowest BCUT2D eigenvalue weighted by atomic mass is 9.93. The molecule has 2 aliphatic heterocycles. The van der Waals surface area contributed by atoms with Crippen molar-refractivity contribution < 1.29 is 19.4 Å². The molecule has 0 saturated carbocycles. The van der Waals surface area contributed by atoms with Gasteiger partial charge >= 0.3 is 0 Å². The zero-order valence-corrected chi connectivity index (χ0v) is 14.2. The fraction of sp³-hybridized carbons (Fsp3) is 0.350.